The molecule has 7 nitrogen and oxygen atoms in total. The molecule has 38 heavy (non-hydrogen) atoms. The van der Waals surface area contributed by atoms with Crippen molar-refractivity contribution < 1.29 is 13.2 Å². The van der Waals surface area contributed by atoms with Crippen LogP contribution in [0.2, 0.25) is 10.0 Å². The molecule has 1 amide bonds. The Morgan fingerprint density at radius 1 is 0.947 bits per heavy atom. The van der Waals surface area contributed by atoms with Gasteiger partial charge in [-0.25, -0.2) is 13.8 Å². The number of nitrogens with zero attached hydrogens (tertiary/aromatic N) is 3. The monoisotopic (exact) mass is 568 g/mol. The number of anilines is 1. The van der Waals surface area contributed by atoms with E-state index in [0.29, 0.717) is 21.3 Å². The van der Waals surface area contributed by atoms with Crippen LogP contribution in [-0.2, 0) is 14.8 Å². The van der Waals surface area contributed by atoms with Crippen LogP contribution in [0.1, 0.15) is 22.5 Å². The van der Waals surface area contributed by atoms with Crippen LogP contribution in [0, 0.1) is 20.8 Å². The fraction of sp³-hybridized carbons (Fsp3) is 0.143. The van der Waals surface area contributed by atoms with E-state index in [4.69, 9.17) is 23.2 Å². The van der Waals surface area contributed by atoms with Crippen LogP contribution in [0.5, 0.6) is 0 Å². The van der Waals surface area contributed by atoms with Crippen molar-refractivity contribution in [3.8, 4) is 5.69 Å². The number of benzene rings is 3. The average molecular weight is 570 g/mol. The lowest BCUT2D eigenvalue weighted by atomic mass is 10.2. The molecule has 196 valence electrons. The molecule has 0 fully saturated rings. The number of sulfonamides is 1. The Morgan fingerprint density at radius 3 is 2.26 bits per heavy atom. The fourth-order valence-corrected chi connectivity index (χ4v) is 6.02. The van der Waals surface area contributed by atoms with E-state index in [1.54, 1.807) is 43.3 Å². The van der Waals surface area contributed by atoms with Crippen molar-refractivity contribution in [2.45, 2.75) is 25.7 Å². The minimum Gasteiger partial charge on any atom is -0.318 e. The number of halogens is 2. The first kappa shape index (κ1) is 27.4. The van der Waals surface area contributed by atoms with Gasteiger partial charge in [0.15, 0.2) is 0 Å². The molecule has 1 aromatic heterocycles. The molecule has 0 spiro atoms. The predicted molar refractivity (Wildman–Crippen MR) is 153 cm³/mol. The van der Waals surface area contributed by atoms with Crippen molar-refractivity contribution in [1.29, 1.82) is 0 Å². The molecule has 0 atom stereocenters. The summed E-state index contributed by atoms with van der Waals surface area (Å²) < 4.78 is 30.1. The van der Waals surface area contributed by atoms with Crippen LogP contribution in [0.3, 0.4) is 0 Å². The SMILES string of the molecule is Cc1cc(Cl)ccc1N(CC(=O)N/N=C\c1cc(C)n(-c2ccc(Cl)cc2)c1C)S(=O)(=O)c1ccccc1. The van der Waals surface area contributed by atoms with Gasteiger partial charge in [-0.15, -0.1) is 0 Å². The largest absolute Gasteiger partial charge is 0.318 e. The summed E-state index contributed by atoms with van der Waals surface area (Å²) >= 11 is 12.1. The number of carbonyl (C=O) groups is 1. The van der Waals surface area contributed by atoms with Crippen LogP contribution in [-0.4, -0.2) is 31.7 Å². The van der Waals surface area contributed by atoms with Crippen LogP contribution >= 0.6 is 23.2 Å². The Bertz CT molecular complexity index is 1600. The molecular weight excluding hydrogens is 543 g/mol. The number of amides is 1. The second-order valence-corrected chi connectivity index (χ2v) is 11.4. The summed E-state index contributed by atoms with van der Waals surface area (Å²) in [4.78, 5) is 13.0. The second-order valence-electron chi connectivity index (χ2n) is 8.69. The minimum atomic E-state index is -4.04. The van der Waals surface area contributed by atoms with E-state index in [1.165, 1.54) is 18.3 Å². The zero-order valence-corrected chi connectivity index (χ0v) is 23.3. The maximum atomic E-state index is 13.5. The molecular formula is C28H26Cl2N4O3S. The van der Waals surface area contributed by atoms with Gasteiger partial charge in [-0.05, 0) is 87.0 Å². The number of hydrogen-bond acceptors (Lipinski definition) is 4. The van der Waals surface area contributed by atoms with E-state index in [-0.39, 0.29) is 4.90 Å². The molecule has 4 rings (SSSR count). The molecule has 0 radical (unpaired) electrons. The summed E-state index contributed by atoms with van der Waals surface area (Å²) in [6.45, 7) is 5.18. The van der Waals surface area contributed by atoms with E-state index < -0.39 is 22.5 Å². The first-order valence-electron chi connectivity index (χ1n) is 11.7. The van der Waals surface area contributed by atoms with Gasteiger partial charge in [0, 0.05) is 32.7 Å². The van der Waals surface area contributed by atoms with E-state index >= 15 is 0 Å². The highest BCUT2D eigenvalue weighted by Gasteiger charge is 2.28. The maximum Gasteiger partial charge on any atom is 0.264 e. The van der Waals surface area contributed by atoms with E-state index in [9.17, 15) is 13.2 Å². The van der Waals surface area contributed by atoms with Crippen molar-refractivity contribution in [3.63, 3.8) is 0 Å². The summed E-state index contributed by atoms with van der Waals surface area (Å²) in [5, 5.41) is 5.22. The summed E-state index contributed by atoms with van der Waals surface area (Å²) in [5.41, 5.74) is 7.09. The van der Waals surface area contributed by atoms with Crippen LogP contribution in [0.4, 0.5) is 5.69 Å². The van der Waals surface area contributed by atoms with Gasteiger partial charge in [-0.1, -0.05) is 41.4 Å². The summed E-state index contributed by atoms with van der Waals surface area (Å²) in [5.74, 6) is -0.596. The molecule has 1 heterocycles. The Labute approximate surface area is 232 Å². The van der Waals surface area contributed by atoms with Crippen LogP contribution in [0.25, 0.3) is 5.69 Å². The number of aromatic nitrogens is 1. The van der Waals surface area contributed by atoms with Gasteiger partial charge in [0.05, 0.1) is 16.8 Å². The number of nitrogens with one attached hydrogen (secondary N) is 1. The summed E-state index contributed by atoms with van der Waals surface area (Å²) in [6, 6.07) is 22.2. The number of aryl methyl sites for hydroxylation is 2. The first-order valence-corrected chi connectivity index (χ1v) is 13.9. The molecule has 0 aliphatic rings. The Hall–Kier alpha value is -3.59. The number of hydrogen-bond donors (Lipinski definition) is 1. The maximum absolute atomic E-state index is 13.5. The molecule has 4 aromatic rings. The van der Waals surface area contributed by atoms with E-state index in [1.807, 2.05) is 44.2 Å². The molecule has 0 saturated heterocycles. The highest BCUT2D eigenvalue weighted by Crippen LogP contribution is 2.29. The van der Waals surface area contributed by atoms with Gasteiger partial charge in [0.25, 0.3) is 15.9 Å². The van der Waals surface area contributed by atoms with Crippen LogP contribution < -0.4 is 9.73 Å². The van der Waals surface area contributed by atoms with E-state index in [0.717, 1.165) is 26.9 Å². The third-order valence-electron chi connectivity index (χ3n) is 5.99. The highest BCUT2D eigenvalue weighted by molar-refractivity contribution is 7.92. The third-order valence-corrected chi connectivity index (χ3v) is 8.25. The lowest BCUT2D eigenvalue weighted by Crippen LogP contribution is -2.40. The topological polar surface area (TPSA) is 83.8 Å². The molecule has 3 aromatic carbocycles. The lowest BCUT2D eigenvalue weighted by molar-refractivity contribution is -0.119. The van der Waals surface area contributed by atoms with Crippen molar-refractivity contribution >= 4 is 51.0 Å². The van der Waals surface area contributed by atoms with E-state index in [2.05, 4.69) is 15.1 Å². The van der Waals surface area contributed by atoms with Gasteiger partial charge in [0.1, 0.15) is 6.54 Å². The predicted octanol–water partition coefficient (Wildman–Crippen LogP) is 6.05. The first-order chi connectivity index (χ1) is 18.1. The standard InChI is InChI=1S/C28H26Cl2N4O3S/c1-19-15-24(30)11-14-27(19)33(38(36,37)26-7-5-4-6-8-26)18-28(35)32-31-17-22-16-20(2)34(21(22)3)25-12-9-23(29)10-13-25/h4-17H,18H2,1-3H3,(H,32,35)/b31-17-. The average Bonchev–Trinajstić information content (AvgIpc) is 3.16. The fourth-order valence-electron chi connectivity index (χ4n) is 4.16. The van der Waals surface area contributed by atoms with Crippen molar-refractivity contribution in [1.82, 2.24) is 9.99 Å². The normalized spacial score (nSPS) is 11.6. The third kappa shape index (κ3) is 5.93. The van der Waals surface area contributed by atoms with Gasteiger partial charge in [-0.3, -0.25) is 9.10 Å². The summed E-state index contributed by atoms with van der Waals surface area (Å²) in [6.07, 6.45) is 1.54. The molecule has 0 saturated carbocycles. The van der Waals surface area contributed by atoms with Gasteiger partial charge in [-0.2, -0.15) is 5.10 Å². The molecule has 0 unspecified atom stereocenters. The summed E-state index contributed by atoms with van der Waals surface area (Å²) in [7, 11) is -4.04. The van der Waals surface area contributed by atoms with Crippen molar-refractivity contribution in [3.05, 3.63) is 111 Å². The second kappa shape index (κ2) is 11.4. The quantitative estimate of drug-likeness (QED) is 0.207. The Balaban J connectivity index is 1.56. The Kier molecular flexibility index (Phi) is 8.26. The Morgan fingerprint density at radius 2 is 1.61 bits per heavy atom. The number of hydrazone groups is 1. The molecule has 0 aliphatic carbocycles. The highest BCUT2D eigenvalue weighted by atomic mass is 35.5. The van der Waals surface area contributed by atoms with Gasteiger partial charge >= 0.3 is 0 Å². The van der Waals surface area contributed by atoms with Crippen LogP contribution in [0.15, 0.2) is 88.9 Å². The molecule has 0 aliphatic heterocycles. The smallest absolute Gasteiger partial charge is 0.264 e. The number of carbonyl (C=O) groups excluding carboxylic acids is 1. The number of rotatable bonds is 8. The molecule has 0 bridgehead atoms. The van der Waals surface area contributed by atoms with Gasteiger partial charge in [0.2, 0.25) is 0 Å². The van der Waals surface area contributed by atoms with Gasteiger partial charge < -0.3 is 4.57 Å². The molecule has 10 heteroatoms. The molecule has 1 N–H and O–H groups in total. The van der Waals surface area contributed by atoms with Crippen molar-refractivity contribution in [2.24, 2.45) is 5.10 Å². The lowest BCUT2D eigenvalue weighted by Gasteiger charge is -2.25. The minimum absolute atomic E-state index is 0.0697. The van der Waals surface area contributed by atoms with Crippen molar-refractivity contribution in [2.75, 3.05) is 10.8 Å². The zero-order valence-electron chi connectivity index (χ0n) is 21.0. The zero-order chi connectivity index (χ0) is 27.4.